The van der Waals surface area contributed by atoms with Crippen LogP contribution in [0.5, 0.6) is 0 Å². The maximum absolute atomic E-state index is 13.6. The lowest BCUT2D eigenvalue weighted by molar-refractivity contribution is -0.111. The third-order valence-corrected chi connectivity index (χ3v) is 9.38. The fourth-order valence-electron chi connectivity index (χ4n) is 7.76. The van der Waals surface area contributed by atoms with Crippen LogP contribution in [-0.2, 0) is 16.6 Å². The Labute approximate surface area is 197 Å². The second-order valence-corrected chi connectivity index (χ2v) is 10.8. The highest BCUT2D eigenvalue weighted by Gasteiger charge is 2.58. The molecule has 0 spiro atoms. The Hall–Kier alpha value is -3.26. The van der Waals surface area contributed by atoms with Crippen LogP contribution in [0.4, 0.5) is 4.39 Å². The summed E-state index contributed by atoms with van der Waals surface area (Å²) < 4.78 is 19.3. The Balaban J connectivity index is 1.49. The van der Waals surface area contributed by atoms with Gasteiger partial charge in [0.2, 0.25) is 0 Å². The van der Waals surface area contributed by atoms with Crippen molar-refractivity contribution in [1.29, 1.82) is 5.26 Å². The molecule has 4 aliphatic rings. The van der Waals surface area contributed by atoms with E-state index in [4.69, 9.17) is 4.42 Å². The van der Waals surface area contributed by atoms with E-state index in [0.717, 1.165) is 43.2 Å². The van der Waals surface area contributed by atoms with Crippen molar-refractivity contribution >= 4 is 5.78 Å². The number of hydrogen-bond donors (Lipinski definition) is 0. The second-order valence-electron chi connectivity index (χ2n) is 10.8. The smallest absolute Gasteiger partial charge is 0.354 e. The largest absolute Gasteiger partial charge is 0.421 e. The molecular weight excluding hydrogens is 429 g/mol. The standard InChI is InChI=1S/C29H26FNO3/c1-28-11-9-19(32)13-17(28)5-8-20-23(28)10-12-29(2)24(20)14-21-25(29)22(15-31)27(33)34-26(21)16-3-6-18(30)7-4-16/h3-4,6-7,9,11,13,20,23-24H,5,8,10,12,14H2,1-2H3/t20-,23+,24+,28+,29+/m1/s1. The first-order chi connectivity index (χ1) is 16.3. The van der Waals surface area contributed by atoms with Gasteiger partial charge in [0.15, 0.2) is 5.78 Å². The molecule has 5 heteroatoms. The first kappa shape index (κ1) is 21.3. The SMILES string of the molecule is C[C@]12C=CC(=O)C=C1CC[C@@H]1[C@@H]2CC[C@]2(C)c3c(c(-c4ccc(F)cc4)oc(=O)c3C#N)C[C@@H]12. The summed E-state index contributed by atoms with van der Waals surface area (Å²) in [6.07, 6.45) is 10.1. The highest BCUT2D eigenvalue weighted by Crippen LogP contribution is 2.64. The zero-order valence-electron chi connectivity index (χ0n) is 19.4. The van der Waals surface area contributed by atoms with Gasteiger partial charge < -0.3 is 4.42 Å². The average molecular weight is 456 g/mol. The molecule has 1 aromatic heterocycles. The summed E-state index contributed by atoms with van der Waals surface area (Å²) in [6, 6.07) is 8.15. The van der Waals surface area contributed by atoms with Crippen LogP contribution < -0.4 is 5.63 Å². The molecule has 0 bridgehead atoms. The van der Waals surface area contributed by atoms with Crippen LogP contribution in [0, 0.1) is 40.3 Å². The summed E-state index contributed by atoms with van der Waals surface area (Å²) in [7, 11) is 0. The Bertz CT molecular complexity index is 1390. The van der Waals surface area contributed by atoms with Gasteiger partial charge in [0.25, 0.3) is 0 Å². The van der Waals surface area contributed by atoms with Crippen LogP contribution in [0.3, 0.4) is 0 Å². The predicted molar refractivity (Wildman–Crippen MR) is 125 cm³/mol. The van der Waals surface area contributed by atoms with E-state index in [1.807, 2.05) is 6.08 Å². The van der Waals surface area contributed by atoms with Crippen LogP contribution in [0.1, 0.15) is 56.2 Å². The molecular formula is C29H26FNO3. The van der Waals surface area contributed by atoms with E-state index in [-0.39, 0.29) is 33.9 Å². The van der Waals surface area contributed by atoms with Crippen molar-refractivity contribution in [3.63, 3.8) is 0 Å². The fourth-order valence-corrected chi connectivity index (χ4v) is 7.76. The zero-order chi connectivity index (χ0) is 23.8. The Kier molecular flexibility index (Phi) is 4.46. The molecule has 5 atom stereocenters. The van der Waals surface area contributed by atoms with Crippen molar-refractivity contribution in [2.75, 3.05) is 0 Å². The molecule has 4 nitrogen and oxygen atoms in total. The van der Waals surface area contributed by atoms with E-state index in [1.165, 1.54) is 17.7 Å². The van der Waals surface area contributed by atoms with E-state index >= 15 is 0 Å². The molecule has 6 rings (SSSR count). The maximum atomic E-state index is 13.6. The number of halogens is 1. The Morgan fingerprint density at radius 1 is 1.12 bits per heavy atom. The molecule has 1 heterocycles. The quantitative estimate of drug-likeness (QED) is 0.558. The van der Waals surface area contributed by atoms with Gasteiger partial charge in [0.05, 0.1) is 0 Å². The minimum atomic E-state index is -0.612. The highest BCUT2D eigenvalue weighted by atomic mass is 19.1. The lowest BCUT2D eigenvalue weighted by Gasteiger charge is -2.56. The summed E-state index contributed by atoms with van der Waals surface area (Å²) in [6.45, 7) is 4.47. The van der Waals surface area contributed by atoms with Crippen LogP contribution in [0.15, 0.2) is 57.3 Å². The number of rotatable bonds is 1. The summed E-state index contributed by atoms with van der Waals surface area (Å²) >= 11 is 0. The van der Waals surface area contributed by atoms with Crippen LogP contribution >= 0.6 is 0 Å². The van der Waals surface area contributed by atoms with E-state index in [9.17, 15) is 19.2 Å². The summed E-state index contributed by atoms with van der Waals surface area (Å²) in [5.41, 5.74) is 2.76. The van der Waals surface area contributed by atoms with Gasteiger partial charge in [-0.1, -0.05) is 25.5 Å². The molecule has 0 N–H and O–H groups in total. The Morgan fingerprint density at radius 2 is 1.88 bits per heavy atom. The molecule has 0 amide bonds. The first-order valence-electron chi connectivity index (χ1n) is 12.1. The van der Waals surface area contributed by atoms with Crippen molar-refractivity contribution in [1.82, 2.24) is 0 Å². The molecule has 2 fully saturated rings. The van der Waals surface area contributed by atoms with Gasteiger partial charge in [0, 0.05) is 16.5 Å². The topological polar surface area (TPSA) is 71.1 Å². The van der Waals surface area contributed by atoms with Crippen LogP contribution in [0.25, 0.3) is 11.3 Å². The van der Waals surface area contributed by atoms with Crippen molar-refractivity contribution in [3.8, 4) is 17.4 Å². The maximum Gasteiger partial charge on any atom is 0.354 e. The van der Waals surface area contributed by atoms with Crippen molar-refractivity contribution in [3.05, 3.63) is 81.0 Å². The predicted octanol–water partition coefficient (Wildman–Crippen LogP) is 5.64. The van der Waals surface area contributed by atoms with Crippen molar-refractivity contribution in [2.45, 2.75) is 51.4 Å². The number of nitriles is 1. The van der Waals surface area contributed by atoms with E-state index in [2.05, 4.69) is 26.0 Å². The minimum Gasteiger partial charge on any atom is -0.421 e. The van der Waals surface area contributed by atoms with Gasteiger partial charge in [0.1, 0.15) is 23.2 Å². The highest BCUT2D eigenvalue weighted by molar-refractivity contribution is 6.01. The van der Waals surface area contributed by atoms with Gasteiger partial charge in [-0.05, 0) is 97.3 Å². The summed E-state index contributed by atoms with van der Waals surface area (Å²) in [4.78, 5) is 25.0. The number of hydrogen-bond acceptors (Lipinski definition) is 4. The molecule has 0 aliphatic heterocycles. The third-order valence-electron chi connectivity index (χ3n) is 9.38. The normalized spacial score (nSPS) is 33.3. The molecule has 34 heavy (non-hydrogen) atoms. The average Bonchev–Trinajstić information content (AvgIpc) is 3.13. The summed E-state index contributed by atoms with van der Waals surface area (Å²) in [5, 5.41) is 9.93. The van der Waals surface area contributed by atoms with Gasteiger partial charge in [-0.3, -0.25) is 4.79 Å². The van der Waals surface area contributed by atoms with Gasteiger partial charge in [-0.25, -0.2) is 9.18 Å². The van der Waals surface area contributed by atoms with Gasteiger partial charge >= 0.3 is 5.63 Å². The molecule has 0 saturated heterocycles. The number of fused-ring (bicyclic) bond motifs is 7. The molecule has 172 valence electrons. The number of carbonyl (C=O) groups excluding carboxylic acids is 1. The molecule has 1 aromatic carbocycles. The summed E-state index contributed by atoms with van der Waals surface area (Å²) in [5.74, 6) is 1.29. The Morgan fingerprint density at radius 3 is 2.62 bits per heavy atom. The van der Waals surface area contributed by atoms with Crippen LogP contribution in [0.2, 0.25) is 0 Å². The van der Waals surface area contributed by atoms with E-state index < -0.39 is 5.63 Å². The number of allylic oxidation sites excluding steroid dienone is 4. The number of nitrogens with zero attached hydrogens (tertiary/aromatic N) is 1. The monoisotopic (exact) mass is 455 g/mol. The van der Waals surface area contributed by atoms with Crippen LogP contribution in [-0.4, -0.2) is 5.78 Å². The van der Waals surface area contributed by atoms with Crippen molar-refractivity contribution in [2.24, 2.45) is 23.2 Å². The zero-order valence-corrected chi connectivity index (χ0v) is 19.4. The molecule has 0 radical (unpaired) electrons. The molecule has 2 saturated carbocycles. The lowest BCUT2D eigenvalue weighted by atomic mass is 9.48. The van der Waals surface area contributed by atoms with Gasteiger partial charge in [-0.15, -0.1) is 0 Å². The number of ketones is 1. The van der Waals surface area contributed by atoms with E-state index in [0.29, 0.717) is 23.2 Å². The molecule has 2 aromatic rings. The molecule has 4 aliphatic carbocycles. The van der Waals surface area contributed by atoms with Gasteiger partial charge in [-0.2, -0.15) is 5.26 Å². The van der Waals surface area contributed by atoms with E-state index in [1.54, 1.807) is 18.2 Å². The van der Waals surface area contributed by atoms with Crippen molar-refractivity contribution < 1.29 is 13.6 Å². The minimum absolute atomic E-state index is 0.0760. The number of carbonyl (C=O) groups is 1. The fraction of sp³-hybridized carbons (Fsp3) is 0.414. The molecule has 0 unspecified atom stereocenters. The first-order valence-corrected chi connectivity index (χ1v) is 12.1. The third kappa shape index (κ3) is 2.75. The second kappa shape index (κ2) is 7.12. The lowest BCUT2D eigenvalue weighted by Crippen LogP contribution is -2.50. The number of benzene rings is 1.